The van der Waals surface area contributed by atoms with Gasteiger partial charge in [-0.15, -0.1) is 0 Å². The SMILES string of the molecule is N#Cc1ccc(SC(F)F)c(F)c1. The van der Waals surface area contributed by atoms with E-state index in [0.717, 1.165) is 6.07 Å². The van der Waals surface area contributed by atoms with Crippen molar-refractivity contribution in [3.8, 4) is 6.07 Å². The minimum Gasteiger partial charge on any atom is -0.206 e. The second-order valence-corrected chi connectivity index (χ2v) is 3.17. The van der Waals surface area contributed by atoms with Gasteiger partial charge in [-0.1, -0.05) is 11.8 Å². The molecule has 0 saturated carbocycles. The highest BCUT2D eigenvalue weighted by atomic mass is 32.2. The monoisotopic (exact) mass is 203 g/mol. The van der Waals surface area contributed by atoms with Gasteiger partial charge in [-0.2, -0.15) is 14.0 Å². The predicted molar refractivity (Wildman–Crippen MR) is 43.0 cm³/mol. The molecule has 68 valence electrons. The van der Waals surface area contributed by atoms with Crippen LogP contribution in [-0.2, 0) is 0 Å². The lowest BCUT2D eigenvalue weighted by Crippen LogP contribution is -1.87. The summed E-state index contributed by atoms with van der Waals surface area (Å²) < 4.78 is 36.5. The molecular weight excluding hydrogens is 199 g/mol. The fourth-order valence-electron chi connectivity index (χ4n) is 0.762. The van der Waals surface area contributed by atoms with E-state index in [1.165, 1.54) is 12.1 Å². The van der Waals surface area contributed by atoms with Crippen LogP contribution in [0, 0.1) is 17.1 Å². The molecule has 1 nitrogen and oxygen atoms in total. The van der Waals surface area contributed by atoms with Crippen molar-refractivity contribution in [3.05, 3.63) is 29.6 Å². The van der Waals surface area contributed by atoms with Gasteiger partial charge in [0.1, 0.15) is 5.82 Å². The highest BCUT2D eigenvalue weighted by Gasteiger charge is 2.10. The molecule has 0 aliphatic carbocycles. The first kappa shape index (κ1) is 9.93. The van der Waals surface area contributed by atoms with Gasteiger partial charge >= 0.3 is 0 Å². The highest BCUT2D eigenvalue weighted by molar-refractivity contribution is 7.99. The van der Waals surface area contributed by atoms with Crippen molar-refractivity contribution in [2.75, 3.05) is 0 Å². The molecule has 5 heteroatoms. The smallest absolute Gasteiger partial charge is 0.206 e. The number of benzene rings is 1. The zero-order valence-corrected chi connectivity index (χ0v) is 7.12. The fraction of sp³-hybridized carbons (Fsp3) is 0.125. The van der Waals surface area contributed by atoms with Gasteiger partial charge in [0.25, 0.3) is 5.76 Å². The van der Waals surface area contributed by atoms with Crippen LogP contribution in [0.5, 0.6) is 0 Å². The second-order valence-electron chi connectivity index (χ2n) is 2.14. The third-order valence-corrected chi connectivity index (χ3v) is 2.04. The van der Waals surface area contributed by atoms with E-state index < -0.39 is 11.6 Å². The number of nitriles is 1. The molecule has 0 aliphatic rings. The normalized spacial score (nSPS) is 10.1. The summed E-state index contributed by atoms with van der Waals surface area (Å²) in [5.74, 6) is -3.44. The molecule has 0 bridgehead atoms. The van der Waals surface area contributed by atoms with Crippen molar-refractivity contribution < 1.29 is 13.2 Å². The number of halogens is 3. The quantitative estimate of drug-likeness (QED) is 0.690. The molecule has 0 atom stereocenters. The average molecular weight is 203 g/mol. The van der Waals surface area contributed by atoms with Crippen LogP contribution in [0.2, 0.25) is 0 Å². The van der Waals surface area contributed by atoms with E-state index in [2.05, 4.69) is 0 Å². The number of thioether (sulfide) groups is 1. The summed E-state index contributed by atoms with van der Waals surface area (Å²) in [5.41, 5.74) is 0.121. The molecule has 0 unspecified atom stereocenters. The molecular formula is C8H4F3NS. The van der Waals surface area contributed by atoms with Crippen LogP contribution < -0.4 is 0 Å². The fourth-order valence-corrected chi connectivity index (χ4v) is 1.27. The Morgan fingerprint density at radius 2 is 2.08 bits per heavy atom. The summed E-state index contributed by atoms with van der Waals surface area (Å²) in [6.45, 7) is 0. The highest BCUT2D eigenvalue weighted by Crippen LogP contribution is 2.27. The van der Waals surface area contributed by atoms with E-state index in [4.69, 9.17) is 5.26 Å². The Labute approximate surface area is 77.2 Å². The standard InChI is InChI=1S/C8H4F3NS/c9-6-3-5(4-12)1-2-7(6)13-8(10)11/h1-3,8H. The van der Waals surface area contributed by atoms with Crippen molar-refractivity contribution in [3.63, 3.8) is 0 Å². The molecule has 0 aliphatic heterocycles. The van der Waals surface area contributed by atoms with Gasteiger partial charge in [-0.25, -0.2) is 4.39 Å². The average Bonchev–Trinajstić information content (AvgIpc) is 2.08. The first-order chi connectivity index (χ1) is 6.13. The first-order valence-corrected chi connectivity index (χ1v) is 4.16. The molecule has 1 aromatic carbocycles. The van der Waals surface area contributed by atoms with E-state index in [-0.39, 0.29) is 22.2 Å². The molecule has 0 spiro atoms. The van der Waals surface area contributed by atoms with Crippen LogP contribution in [0.25, 0.3) is 0 Å². The lowest BCUT2D eigenvalue weighted by molar-refractivity contribution is 0.251. The van der Waals surface area contributed by atoms with Crippen molar-refractivity contribution in [1.29, 1.82) is 5.26 Å². The number of alkyl halides is 2. The maximum absolute atomic E-state index is 12.9. The minimum absolute atomic E-state index is 0.121. The van der Waals surface area contributed by atoms with Crippen molar-refractivity contribution >= 4 is 11.8 Å². The largest absolute Gasteiger partial charge is 0.289 e. The maximum Gasteiger partial charge on any atom is 0.289 e. The maximum atomic E-state index is 12.9. The van der Waals surface area contributed by atoms with E-state index in [1.54, 1.807) is 6.07 Å². The van der Waals surface area contributed by atoms with Gasteiger partial charge in [0.05, 0.1) is 11.6 Å². The molecule has 0 aromatic heterocycles. The molecule has 0 heterocycles. The summed E-state index contributed by atoms with van der Waals surface area (Å²) in [6, 6.07) is 5.12. The number of hydrogen-bond acceptors (Lipinski definition) is 2. The van der Waals surface area contributed by atoms with Crippen LogP contribution in [0.4, 0.5) is 13.2 Å². The van der Waals surface area contributed by atoms with Gasteiger partial charge < -0.3 is 0 Å². The molecule has 0 radical (unpaired) electrons. The molecule has 0 N–H and O–H groups in total. The Hall–Kier alpha value is -1.15. The van der Waals surface area contributed by atoms with Crippen molar-refractivity contribution in [2.45, 2.75) is 10.7 Å². The molecule has 1 rings (SSSR count). The van der Waals surface area contributed by atoms with Gasteiger partial charge in [0.15, 0.2) is 0 Å². The van der Waals surface area contributed by atoms with Gasteiger partial charge in [0.2, 0.25) is 0 Å². The lowest BCUT2D eigenvalue weighted by Gasteiger charge is -2.00. The van der Waals surface area contributed by atoms with Crippen LogP contribution in [-0.4, -0.2) is 5.76 Å². The van der Waals surface area contributed by atoms with Crippen LogP contribution in [0.1, 0.15) is 5.56 Å². The van der Waals surface area contributed by atoms with Gasteiger partial charge in [-0.3, -0.25) is 0 Å². The topological polar surface area (TPSA) is 23.8 Å². The van der Waals surface area contributed by atoms with Gasteiger partial charge in [0, 0.05) is 4.90 Å². The Kier molecular flexibility index (Phi) is 3.20. The molecule has 0 fully saturated rings. The third-order valence-electron chi connectivity index (χ3n) is 1.28. The summed E-state index contributed by atoms with van der Waals surface area (Å²) in [4.78, 5) is -0.144. The first-order valence-electron chi connectivity index (χ1n) is 3.28. The van der Waals surface area contributed by atoms with E-state index in [9.17, 15) is 13.2 Å². The number of hydrogen-bond donors (Lipinski definition) is 0. The summed E-state index contributed by atoms with van der Waals surface area (Å²) >= 11 is 0.126. The lowest BCUT2D eigenvalue weighted by atomic mass is 10.2. The Balaban J connectivity index is 2.93. The Morgan fingerprint density at radius 3 is 2.54 bits per heavy atom. The van der Waals surface area contributed by atoms with Crippen LogP contribution >= 0.6 is 11.8 Å². The van der Waals surface area contributed by atoms with Crippen LogP contribution in [0.15, 0.2) is 23.1 Å². The summed E-state index contributed by atoms with van der Waals surface area (Å²) in [7, 11) is 0. The molecule has 0 amide bonds. The van der Waals surface area contributed by atoms with Crippen LogP contribution in [0.3, 0.4) is 0 Å². The Morgan fingerprint density at radius 1 is 1.38 bits per heavy atom. The predicted octanol–water partition coefficient (Wildman–Crippen LogP) is 3.01. The molecule has 0 saturated heterocycles. The number of nitrogens with zero attached hydrogens (tertiary/aromatic N) is 1. The van der Waals surface area contributed by atoms with E-state index in [0.29, 0.717) is 0 Å². The van der Waals surface area contributed by atoms with Gasteiger partial charge in [-0.05, 0) is 18.2 Å². The Bertz CT molecular complexity index is 346. The zero-order valence-electron chi connectivity index (χ0n) is 6.30. The number of rotatable bonds is 2. The van der Waals surface area contributed by atoms with E-state index in [1.807, 2.05) is 0 Å². The molecule has 13 heavy (non-hydrogen) atoms. The summed E-state index contributed by atoms with van der Waals surface area (Å²) in [6.07, 6.45) is 0. The molecule has 1 aromatic rings. The van der Waals surface area contributed by atoms with Crippen molar-refractivity contribution in [2.24, 2.45) is 0 Å². The second kappa shape index (κ2) is 4.19. The van der Waals surface area contributed by atoms with E-state index >= 15 is 0 Å². The minimum atomic E-state index is -2.65. The van der Waals surface area contributed by atoms with Crippen molar-refractivity contribution in [1.82, 2.24) is 0 Å². The summed E-state index contributed by atoms with van der Waals surface area (Å²) in [5, 5.41) is 8.36. The third kappa shape index (κ3) is 2.67. The zero-order chi connectivity index (χ0) is 9.84.